The number of carbonyl (C=O) groups is 2. The number of Topliss-reactive ketones (excluding diaryl/α,β-unsaturated/α-hetero) is 1. The summed E-state index contributed by atoms with van der Waals surface area (Å²) < 4.78 is 1.47. The number of nitrogens with zero attached hydrogens (tertiary/aromatic N) is 3. The Balaban J connectivity index is 2.34. The molecule has 1 heterocycles. The zero-order chi connectivity index (χ0) is 15.2. The van der Waals surface area contributed by atoms with Crippen LogP contribution in [0.2, 0.25) is 0 Å². The molecule has 1 N–H and O–H groups in total. The molecule has 0 radical (unpaired) electrons. The Morgan fingerprint density at radius 1 is 1.24 bits per heavy atom. The van der Waals surface area contributed by atoms with E-state index in [2.05, 4.69) is 15.6 Å². The minimum atomic E-state index is -0.172. The zero-order valence-corrected chi connectivity index (χ0v) is 12.2. The molecular formula is C15H18N4O2. The molecule has 0 aliphatic rings. The molecule has 1 amide bonds. The van der Waals surface area contributed by atoms with E-state index in [1.54, 1.807) is 0 Å². The van der Waals surface area contributed by atoms with Gasteiger partial charge in [-0.15, -0.1) is 5.10 Å². The molecule has 2 rings (SSSR count). The van der Waals surface area contributed by atoms with Gasteiger partial charge in [-0.1, -0.05) is 42.5 Å². The summed E-state index contributed by atoms with van der Waals surface area (Å²) >= 11 is 0. The number of amides is 1. The molecule has 0 bridgehead atoms. The normalized spacial score (nSPS) is 10.4. The molecule has 21 heavy (non-hydrogen) atoms. The monoisotopic (exact) mass is 286 g/mol. The van der Waals surface area contributed by atoms with Crippen molar-refractivity contribution in [1.82, 2.24) is 20.3 Å². The third kappa shape index (κ3) is 3.53. The number of benzene rings is 1. The summed E-state index contributed by atoms with van der Waals surface area (Å²) in [6, 6.07) is 9.36. The summed E-state index contributed by atoms with van der Waals surface area (Å²) in [7, 11) is 0. The molecule has 0 atom stereocenters. The van der Waals surface area contributed by atoms with Crippen LogP contribution in [0.25, 0.3) is 11.3 Å². The number of aromatic nitrogens is 3. The Labute approximate surface area is 123 Å². The molecule has 6 nitrogen and oxygen atoms in total. The van der Waals surface area contributed by atoms with Gasteiger partial charge in [0.25, 0.3) is 0 Å². The first-order valence-corrected chi connectivity index (χ1v) is 6.90. The van der Waals surface area contributed by atoms with E-state index in [1.807, 2.05) is 37.3 Å². The summed E-state index contributed by atoms with van der Waals surface area (Å²) in [5.41, 5.74) is 1.68. The van der Waals surface area contributed by atoms with Gasteiger partial charge in [-0.3, -0.25) is 9.59 Å². The van der Waals surface area contributed by atoms with E-state index in [-0.39, 0.29) is 23.9 Å². The third-order valence-electron chi connectivity index (χ3n) is 2.98. The van der Waals surface area contributed by atoms with Crippen LogP contribution < -0.4 is 5.32 Å². The number of ketones is 1. The maximum atomic E-state index is 11.8. The molecule has 0 saturated heterocycles. The number of hydrogen-bond acceptors (Lipinski definition) is 4. The van der Waals surface area contributed by atoms with Gasteiger partial charge in [-0.25, -0.2) is 4.68 Å². The fourth-order valence-electron chi connectivity index (χ4n) is 2.00. The predicted octanol–water partition coefficient (Wildman–Crippen LogP) is 1.67. The second-order valence-electron chi connectivity index (χ2n) is 4.72. The standard InChI is InChI=1S/C15H18N4O2/c1-3-9-16-13(21)10-19-15(12-7-5-4-6-8-12)14(11(2)20)17-18-19/h4-8H,3,9-10H2,1-2H3,(H,16,21). The first kappa shape index (κ1) is 14.9. The number of hydrogen-bond donors (Lipinski definition) is 1. The molecule has 0 aliphatic carbocycles. The van der Waals surface area contributed by atoms with Gasteiger partial charge < -0.3 is 5.32 Å². The van der Waals surface area contributed by atoms with Crippen molar-refractivity contribution < 1.29 is 9.59 Å². The van der Waals surface area contributed by atoms with Crippen LogP contribution in [0.15, 0.2) is 30.3 Å². The van der Waals surface area contributed by atoms with Crippen LogP contribution in [0.4, 0.5) is 0 Å². The largest absolute Gasteiger partial charge is 0.355 e. The molecule has 110 valence electrons. The van der Waals surface area contributed by atoms with Crippen LogP contribution in [0.3, 0.4) is 0 Å². The lowest BCUT2D eigenvalue weighted by Crippen LogP contribution is -2.28. The maximum Gasteiger partial charge on any atom is 0.241 e. The van der Waals surface area contributed by atoms with Gasteiger partial charge in [0.15, 0.2) is 11.5 Å². The van der Waals surface area contributed by atoms with E-state index in [9.17, 15) is 9.59 Å². The summed E-state index contributed by atoms with van der Waals surface area (Å²) in [6.07, 6.45) is 0.868. The first-order chi connectivity index (χ1) is 10.1. The summed E-state index contributed by atoms with van der Waals surface area (Å²) in [6.45, 7) is 4.09. The highest BCUT2D eigenvalue weighted by molar-refractivity contribution is 5.98. The van der Waals surface area contributed by atoms with Crippen LogP contribution in [-0.2, 0) is 11.3 Å². The molecule has 0 fully saturated rings. The third-order valence-corrected chi connectivity index (χ3v) is 2.98. The van der Waals surface area contributed by atoms with Crippen LogP contribution in [0.5, 0.6) is 0 Å². The van der Waals surface area contributed by atoms with Crippen LogP contribution in [0, 0.1) is 0 Å². The molecule has 0 aliphatic heterocycles. The van der Waals surface area contributed by atoms with Crippen molar-refractivity contribution in [3.8, 4) is 11.3 Å². The highest BCUT2D eigenvalue weighted by Gasteiger charge is 2.19. The van der Waals surface area contributed by atoms with Crippen molar-refractivity contribution in [3.63, 3.8) is 0 Å². The van der Waals surface area contributed by atoms with E-state index in [0.29, 0.717) is 12.2 Å². The molecule has 0 saturated carbocycles. The van der Waals surface area contributed by atoms with E-state index in [4.69, 9.17) is 0 Å². The van der Waals surface area contributed by atoms with Crippen LogP contribution in [0.1, 0.15) is 30.8 Å². The lowest BCUT2D eigenvalue weighted by Gasteiger charge is -2.08. The number of rotatable bonds is 6. The van der Waals surface area contributed by atoms with Crippen LogP contribution >= 0.6 is 0 Å². The van der Waals surface area contributed by atoms with Crippen molar-refractivity contribution in [2.24, 2.45) is 0 Å². The molecule has 0 spiro atoms. The minimum Gasteiger partial charge on any atom is -0.355 e. The van der Waals surface area contributed by atoms with Crippen molar-refractivity contribution in [2.45, 2.75) is 26.8 Å². The maximum absolute atomic E-state index is 11.8. The van der Waals surface area contributed by atoms with Gasteiger partial charge in [0, 0.05) is 19.0 Å². The smallest absolute Gasteiger partial charge is 0.241 e. The second kappa shape index (κ2) is 6.78. The summed E-state index contributed by atoms with van der Waals surface area (Å²) in [5, 5.41) is 10.6. The van der Waals surface area contributed by atoms with E-state index in [1.165, 1.54) is 11.6 Å². The van der Waals surface area contributed by atoms with Gasteiger partial charge in [0.1, 0.15) is 12.2 Å². The molecule has 0 unspecified atom stereocenters. The Kier molecular flexibility index (Phi) is 4.81. The van der Waals surface area contributed by atoms with Crippen molar-refractivity contribution in [2.75, 3.05) is 6.54 Å². The quantitative estimate of drug-likeness (QED) is 0.820. The second-order valence-corrected chi connectivity index (χ2v) is 4.72. The van der Waals surface area contributed by atoms with Gasteiger partial charge in [-0.2, -0.15) is 0 Å². The number of nitrogens with one attached hydrogen (secondary N) is 1. The van der Waals surface area contributed by atoms with E-state index >= 15 is 0 Å². The Hall–Kier alpha value is -2.50. The topological polar surface area (TPSA) is 76.9 Å². The van der Waals surface area contributed by atoms with Gasteiger partial charge in [0.2, 0.25) is 5.91 Å². The average molecular weight is 286 g/mol. The fourth-order valence-corrected chi connectivity index (χ4v) is 2.00. The van der Waals surface area contributed by atoms with Gasteiger partial charge in [-0.05, 0) is 6.42 Å². The Bertz CT molecular complexity index is 634. The highest BCUT2D eigenvalue weighted by Crippen LogP contribution is 2.22. The molecular weight excluding hydrogens is 268 g/mol. The Morgan fingerprint density at radius 3 is 2.57 bits per heavy atom. The van der Waals surface area contributed by atoms with Gasteiger partial charge in [0.05, 0.1) is 0 Å². The summed E-state index contributed by atoms with van der Waals surface area (Å²) in [4.78, 5) is 23.5. The molecule has 2 aromatic rings. The SMILES string of the molecule is CCCNC(=O)Cn1nnc(C(C)=O)c1-c1ccccc1. The fraction of sp³-hybridized carbons (Fsp3) is 0.333. The van der Waals surface area contributed by atoms with Gasteiger partial charge >= 0.3 is 0 Å². The van der Waals surface area contributed by atoms with Crippen molar-refractivity contribution in [1.29, 1.82) is 0 Å². The number of carbonyl (C=O) groups excluding carboxylic acids is 2. The summed E-state index contributed by atoms with van der Waals surface area (Å²) in [5.74, 6) is -0.317. The average Bonchev–Trinajstić information content (AvgIpc) is 2.89. The minimum absolute atomic E-state index is 0.0461. The molecule has 1 aromatic heterocycles. The van der Waals surface area contributed by atoms with E-state index < -0.39 is 0 Å². The zero-order valence-electron chi connectivity index (χ0n) is 12.2. The predicted molar refractivity (Wildman–Crippen MR) is 78.8 cm³/mol. The lowest BCUT2D eigenvalue weighted by atomic mass is 10.1. The Morgan fingerprint density at radius 2 is 1.95 bits per heavy atom. The van der Waals surface area contributed by atoms with E-state index in [0.717, 1.165) is 12.0 Å². The van der Waals surface area contributed by atoms with Crippen molar-refractivity contribution >= 4 is 11.7 Å². The first-order valence-electron chi connectivity index (χ1n) is 6.90. The highest BCUT2D eigenvalue weighted by atomic mass is 16.2. The molecule has 6 heteroatoms. The lowest BCUT2D eigenvalue weighted by molar-refractivity contribution is -0.121. The van der Waals surface area contributed by atoms with Crippen molar-refractivity contribution in [3.05, 3.63) is 36.0 Å². The molecule has 1 aromatic carbocycles. The van der Waals surface area contributed by atoms with Crippen LogP contribution in [-0.4, -0.2) is 33.2 Å².